The lowest BCUT2D eigenvalue weighted by atomic mass is 10.2. The number of hydrogen-bond acceptors (Lipinski definition) is 4. The van der Waals surface area contributed by atoms with E-state index < -0.39 is 0 Å². The number of aliphatic imine (C=N–C) groups is 1. The van der Waals surface area contributed by atoms with Gasteiger partial charge in [0.15, 0.2) is 5.69 Å². The van der Waals surface area contributed by atoms with Gasteiger partial charge in [-0.3, -0.25) is 4.99 Å². The number of nitrogens with zero attached hydrogens (tertiary/aromatic N) is 2. The number of aromatic nitrogens is 1. The van der Waals surface area contributed by atoms with Crippen molar-refractivity contribution in [2.75, 3.05) is 0 Å². The Morgan fingerprint density at radius 3 is 2.68 bits per heavy atom. The van der Waals surface area contributed by atoms with Crippen molar-refractivity contribution in [2.45, 2.75) is 6.92 Å². The quantitative estimate of drug-likeness (QED) is 0.709. The summed E-state index contributed by atoms with van der Waals surface area (Å²) < 4.78 is 5.27. The van der Waals surface area contributed by atoms with E-state index in [2.05, 4.69) is 9.98 Å². The van der Waals surface area contributed by atoms with Crippen molar-refractivity contribution in [1.82, 2.24) is 4.98 Å². The van der Waals surface area contributed by atoms with Crippen LogP contribution in [-0.4, -0.2) is 16.3 Å². The number of aromatic hydroxyl groups is 1. The zero-order chi connectivity index (χ0) is 15.5. The van der Waals surface area contributed by atoms with Crippen molar-refractivity contribution in [1.29, 1.82) is 0 Å². The largest absolute Gasteiger partial charge is 0.479 e. The fraction of sp³-hybridized carbons (Fsp3) is 0.0588. The number of oxazole rings is 1. The first kappa shape index (κ1) is 14.4. The molecular formula is C17H13ClN2O2. The molecule has 22 heavy (non-hydrogen) atoms. The van der Waals surface area contributed by atoms with E-state index in [0.717, 1.165) is 16.8 Å². The summed E-state index contributed by atoms with van der Waals surface area (Å²) in [5.74, 6) is 0.0987. The number of rotatable bonds is 3. The third kappa shape index (κ3) is 3.02. The summed E-state index contributed by atoms with van der Waals surface area (Å²) in [5, 5.41) is 10.5. The zero-order valence-electron chi connectivity index (χ0n) is 11.8. The van der Waals surface area contributed by atoms with Crippen LogP contribution in [0.3, 0.4) is 0 Å². The van der Waals surface area contributed by atoms with Gasteiger partial charge in [0.25, 0.3) is 0 Å². The number of halogens is 1. The standard InChI is InChI=1S/C17H13ClN2O2/c1-11-9-13(18)7-8-14(11)19-10-15-17(21)22-16(20-15)12-5-3-2-4-6-12/h2-10,21H,1H3. The minimum atomic E-state index is -0.255. The monoisotopic (exact) mass is 312 g/mol. The van der Waals surface area contributed by atoms with Gasteiger partial charge in [-0.25, -0.2) is 4.98 Å². The highest BCUT2D eigenvalue weighted by molar-refractivity contribution is 6.30. The predicted octanol–water partition coefficient (Wildman–Crippen LogP) is 4.76. The lowest BCUT2D eigenvalue weighted by Crippen LogP contribution is -1.83. The highest BCUT2D eigenvalue weighted by Gasteiger charge is 2.12. The molecule has 0 fully saturated rings. The van der Waals surface area contributed by atoms with Crippen molar-refractivity contribution in [3.8, 4) is 17.4 Å². The van der Waals surface area contributed by atoms with Gasteiger partial charge in [-0.2, -0.15) is 0 Å². The van der Waals surface area contributed by atoms with Gasteiger partial charge < -0.3 is 9.52 Å². The van der Waals surface area contributed by atoms with E-state index in [-0.39, 0.29) is 11.6 Å². The van der Waals surface area contributed by atoms with Crippen LogP contribution in [0.5, 0.6) is 5.95 Å². The molecule has 0 amide bonds. The molecule has 4 nitrogen and oxygen atoms in total. The lowest BCUT2D eigenvalue weighted by Gasteiger charge is -1.99. The van der Waals surface area contributed by atoms with Crippen LogP contribution in [-0.2, 0) is 0 Å². The molecule has 1 aromatic heterocycles. The Kier molecular flexibility index (Phi) is 3.94. The number of aryl methyl sites for hydroxylation is 1. The molecule has 2 aromatic carbocycles. The Morgan fingerprint density at radius 1 is 1.18 bits per heavy atom. The van der Waals surface area contributed by atoms with Crippen LogP contribution < -0.4 is 0 Å². The molecule has 3 aromatic rings. The number of hydrogen-bond donors (Lipinski definition) is 1. The van der Waals surface area contributed by atoms with Gasteiger partial charge >= 0.3 is 5.95 Å². The third-order valence-corrected chi connectivity index (χ3v) is 3.38. The fourth-order valence-corrected chi connectivity index (χ4v) is 2.23. The molecule has 0 atom stereocenters. The van der Waals surface area contributed by atoms with E-state index in [1.165, 1.54) is 6.21 Å². The normalized spacial score (nSPS) is 11.2. The molecule has 0 spiro atoms. The summed E-state index contributed by atoms with van der Waals surface area (Å²) >= 11 is 5.91. The Balaban J connectivity index is 1.90. The van der Waals surface area contributed by atoms with Crippen LogP contribution in [0.2, 0.25) is 5.02 Å². The van der Waals surface area contributed by atoms with Gasteiger partial charge in [-0.05, 0) is 42.8 Å². The van der Waals surface area contributed by atoms with Crippen molar-refractivity contribution >= 4 is 23.5 Å². The molecule has 1 heterocycles. The summed E-state index contributed by atoms with van der Waals surface area (Å²) in [4.78, 5) is 8.57. The molecule has 0 bridgehead atoms. The molecule has 110 valence electrons. The maximum atomic E-state index is 9.84. The van der Waals surface area contributed by atoms with E-state index in [9.17, 15) is 5.11 Å². The summed E-state index contributed by atoms with van der Waals surface area (Å²) in [6, 6.07) is 14.8. The highest BCUT2D eigenvalue weighted by atomic mass is 35.5. The summed E-state index contributed by atoms with van der Waals surface area (Å²) in [6.07, 6.45) is 1.47. The van der Waals surface area contributed by atoms with Gasteiger partial charge in [0, 0.05) is 10.6 Å². The Bertz CT molecular complexity index is 826. The molecule has 0 aliphatic carbocycles. The Hall–Kier alpha value is -2.59. The Labute approximate surface area is 132 Å². The molecule has 0 saturated carbocycles. The highest BCUT2D eigenvalue weighted by Crippen LogP contribution is 2.26. The van der Waals surface area contributed by atoms with E-state index >= 15 is 0 Å². The van der Waals surface area contributed by atoms with Crippen molar-refractivity contribution in [3.05, 3.63) is 64.8 Å². The second kappa shape index (κ2) is 6.03. The molecule has 0 radical (unpaired) electrons. The first-order valence-electron chi connectivity index (χ1n) is 6.69. The van der Waals surface area contributed by atoms with Crippen LogP contribution >= 0.6 is 11.6 Å². The minimum Gasteiger partial charge on any atom is -0.479 e. The zero-order valence-corrected chi connectivity index (χ0v) is 12.6. The van der Waals surface area contributed by atoms with Crippen molar-refractivity contribution in [2.24, 2.45) is 4.99 Å². The average Bonchev–Trinajstić information content (AvgIpc) is 2.88. The predicted molar refractivity (Wildman–Crippen MR) is 87.0 cm³/mol. The van der Waals surface area contributed by atoms with Gasteiger partial charge in [0.05, 0.1) is 11.9 Å². The van der Waals surface area contributed by atoms with Crippen molar-refractivity contribution in [3.63, 3.8) is 0 Å². The Morgan fingerprint density at radius 2 is 1.95 bits per heavy atom. The van der Waals surface area contributed by atoms with Gasteiger partial charge in [-0.15, -0.1) is 0 Å². The first-order valence-corrected chi connectivity index (χ1v) is 7.07. The second-order valence-corrected chi connectivity index (χ2v) is 5.20. The summed E-state index contributed by atoms with van der Waals surface area (Å²) in [6.45, 7) is 1.91. The molecule has 0 unspecified atom stereocenters. The van der Waals surface area contributed by atoms with Crippen LogP contribution in [0.1, 0.15) is 11.3 Å². The molecule has 0 aliphatic rings. The number of benzene rings is 2. The minimum absolute atomic E-state index is 0.255. The molecule has 0 aliphatic heterocycles. The maximum Gasteiger partial charge on any atom is 0.312 e. The van der Waals surface area contributed by atoms with Gasteiger partial charge in [0.2, 0.25) is 5.89 Å². The maximum absolute atomic E-state index is 9.84. The van der Waals surface area contributed by atoms with E-state index in [1.807, 2.05) is 49.4 Å². The average molecular weight is 313 g/mol. The van der Waals surface area contributed by atoms with Crippen LogP contribution in [0.15, 0.2) is 57.9 Å². The fourth-order valence-electron chi connectivity index (χ4n) is 2.01. The van der Waals surface area contributed by atoms with Crippen LogP contribution in [0, 0.1) is 6.92 Å². The summed E-state index contributed by atoms with van der Waals surface area (Å²) in [7, 11) is 0. The van der Waals surface area contributed by atoms with Gasteiger partial charge in [-0.1, -0.05) is 29.8 Å². The van der Waals surface area contributed by atoms with Crippen LogP contribution in [0.25, 0.3) is 11.5 Å². The molecule has 3 rings (SSSR count). The SMILES string of the molecule is Cc1cc(Cl)ccc1N=Cc1nc(-c2ccccc2)oc1O. The molecular weight excluding hydrogens is 300 g/mol. The molecule has 0 saturated heterocycles. The van der Waals surface area contributed by atoms with E-state index in [1.54, 1.807) is 6.07 Å². The topological polar surface area (TPSA) is 58.6 Å². The van der Waals surface area contributed by atoms with Gasteiger partial charge in [0.1, 0.15) is 0 Å². The second-order valence-electron chi connectivity index (χ2n) is 4.76. The first-order chi connectivity index (χ1) is 10.6. The summed E-state index contributed by atoms with van der Waals surface area (Å²) in [5.41, 5.74) is 2.77. The third-order valence-electron chi connectivity index (χ3n) is 3.14. The van der Waals surface area contributed by atoms with Crippen molar-refractivity contribution < 1.29 is 9.52 Å². The smallest absolute Gasteiger partial charge is 0.312 e. The van der Waals surface area contributed by atoms with E-state index in [4.69, 9.17) is 16.0 Å². The van der Waals surface area contributed by atoms with Crippen LogP contribution in [0.4, 0.5) is 5.69 Å². The van der Waals surface area contributed by atoms with E-state index in [0.29, 0.717) is 10.9 Å². The lowest BCUT2D eigenvalue weighted by molar-refractivity contribution is 0.337. The molecule has 5 heteroatoms. The molecule has 1 N–H and O–H groups in total.